The Kier molecular flexibility index (Phi) is 4.02. The molecule has 0 saturated carbocycles. The number of fused-ring (bicyclic) bond motifs is 1. The topological polar surface area (TPSA) is 26.0 Å². The lowest BCUT2D eigenvalue weighted by Gasteiger charge is -2.31. The van der Waals surface area contributed by atoms with Crippen LogP contribution in [0.15, 0.2) is 42.5 Å². The van der Waals surface area contributed by atoms with Gasteiger partial charge in [0.05, 0.1) is 0 Å². The normalized spacial score (nSPS) is 19.4. The Balaban J connectivity index is 1.99. The Bertz CT molecular complexity index is 624. The number of hydrogen-bond donors (Lipinski definition) is 1. The van der Waals surface area contributed by atoms with Crippen LogP contribution in [0.25, 0.3) is 0 Å². The van der Waals surface area contributed by atoms with Crippen LogP contribution in [0.2, 0.25) is 10.0 Å². The number of aryl methyl sites for hydroxylation is 1. The van der Waals surface area contributed by atoms with Crippen LogP contribution in [-0.2, 0) is 6.42 Å². The smallest absolute Gasteiger partial charge is 0.0454 e. The van der Waals surface area contributed by atoms with Crippen LogP contribution in [0.5, 0.6) is 0 Å². The summed E-state index contributed by atoms with van der Waals surface area (Å²) in [5, 5.41) is 1.38. The number of hydrogen-bond acceptors (Lipinski definition) is 1. The van der Waals surface area contributed by atoms with E-state index in [0.29, 0.717) is 16.0 Å². The molecule has 2 atom stereocenters. The molecule has 2 N–H and O–H groups in total. The molecule has 2 aromatic rings. The van der Waals surface area contributed by atoms with Crippen molar-refractivity contribution in [3.05, 3.63) is 69.2 Å². The van der Waals surface area contributed by atoms with Gasteiger partial charge in [0.1, 0.15) is 0 Å². The molecule has 104 valence electrons. The standard InChI is InChI=1S/C17H17Cl2N/c18-12-8-9-16(19)15(10-12)17(20)14-7-3-5-11-4-1-2-6-13(11)14/h1-2,4,6,8-10,14,17H,3,5,7,20H2. The van der Waals surface area contributed by atoms with E-state index in [4.69, 9.17) is 28.9 Å². The number of benzene rings is 2. The summed E-state index contributed by atoms with van der Waals surface area (Å²) < 4.78 is 0. The van der Waals surface area contributed by atoms with Crippen LogP contribution < -0.4 is 5.73 Å². The third-order valence-corrected chi connectivity index (χ3v) is 4.75. The molecule has 0 heterocycles. The molecule has 3 rings (SSSR count). The summed E-state index contributed by atoms with van der Waals surface area (Å²) in [5.41, 5.74) is 10.2. The molecule has 0 aromatic heterocycles. The summed E-state index contributed by atoms with van der Waals surface area (Å²) in [6.07, 6.45) is 3.41. The predicted octanol–water partition coefficient (Wildman–Crippen LogP) is 5.11. The second-order valence-electron chi connectivity index (χ2n) is 5.39. The maximum atomic E-state index is 6.51. The summed E-state index contributed by atoms with van der Waals surface area (Å²) >= 11 is 12.4. The van der Waals surface area contributed by atoms with Crippen molar-refractivity contribution in [1.29, 1.82) is 0 Å². The van der Waals surface area contributed by atoms with E-state index in [2.05, 4.69) is 24.3 Å². The number of halogens is 2. The summed E-state index contributed by atoms with van der Waals surface area (Å²) in [6, 6.07) is 14.0. The fraction of sp³-hybridized carbons (Fsp3) is 0.294. The van der Waals surface area contributed by atoms with Crippen molar-refractivity contribution in [3.63, 3.8) is 0 Å². The molecule has 0 aliphatic heterocycles. The van der Waals surface area contributed by atoms with Gasteiger partial charge in [-0.05, 0) is 54.2 Å². The molecule has 1 nitrogen and oxygen atoms in total. The van der Waals surface area contributed by atoms with E-state index in [1.165, 1.54) is 17.5 Å². The van der Waals surface area contributed by atoms with Crippen molar-refractivity contribution in [2.45, 2.75) is 31.2 Å². The highest BCUT2D eigenvalue weighted by molar-refractivity contribution is 6.33. The third-order valence-electron chi connectivity index (χ3n) is 4.17. The molecule has 0 spiro atoms. The summed E-state index contributed by atoms with van der Waals surface area (Å²) in [7, 11) is 0. The van der Waals surface area contributed by atoms with Gasteiger partial charge in [-0.1, -0.05) is 47.5 Å². The van der Waals surface area contributed by atoms with Gasteiger partial charge in [-0.25, -0.2) is 0 Å². The lowest BCUT2D eigenvalue weighted by atomic mass is 9.77. The average Bonchev–Trinajstić information content (AvgIpc) is 2.48. The monoisotopic (exact) mass is 305 g/mol. The van der Waals surface area contributed by atoms with Crippen LogP contribution >= 0.6 is 23.2 Å². The molecule has 0 bridgehead atoms. The zero-order chi connectivity index (χ0) is 14.1. The fourth-order valence-corrected chi connectivity index (χ4v) is 3.58. The van der Waals surface area contributed by atoms with E-state index in [-0.39, 0.29) is 6.04 Å². The minimum atomic E-state index is -0.109. The van der Waals surface area contributed by atoms with Crippen molar-refractivity contribution in [2.75, 3.05) is 0 Å². The quantitative estimate of drug-likeness (QED) is 0.819. The average molecular weight is 306 g/mol. The first-order chi connectivity index (χ1) is 9.66. The molecule has 2 aromatic carbocycles. The van der Waals surface area contributed by atoms with Crippen LogP contribution in [0.3, 0.4) is 0 Å². The lowest BCUT2D eigenvalue weighted by Crippen LogP contribution is -2.23. The molecule has 1 aliphatic rings. The Morgan fingerprint density at radius 2 is 1.90 bits per heavy atom. The number of rotatable bonds is 2. The van der Waals surface area contributed by atoms with E-state index < -0.39 is 0 Å². The zero-order valence-electron chi connectivity index (χ0n) is 11.2. The highest BCUT2D eigenvalue weighted by Crippen LogP contribution is 2.41. The highest BCUT2D eigenvalue weighted by Gasteiger charge is 2.27. The molecule has 0 amide bonds. The van der Waals surface area contributed by atoms with Gasteiger partial charge < -0.3 is 5.73 Å². The van der Waals surface area contributed by atoms with Crippen molar-refractivity contribution in [1.82, 2.24) is 0 Å². The van der Waals surface area contributed by atoms with Crippen LogP contribution in [0.4, 0.5) is 0 Å². The maximum Gasteiger partial charge on any atom is 0.0454 e. The third kappa shape index (κ3) is 2.58. The Hall–Kier alpha value is -1.02. The number of nitrogens with two attached hydrogens (primary N) is 1. The molecule has 0 saturated heterocycles. The molecular formula is C17H17Cl2N. The van der Waals surface area contributed by atoms with Gasteiger partial charge in [0.15, 0.2) is 0 Å². The Labute approximate surface area is 129 Å². The molecular weight excluding hydrogens is 289 g/mol. The second kappa shape index (κ2) is 5.77. The summed E-state index contributed by atoms with van der Waals surface area (Å²) in [6.45, 7) is 0. The molecule has 3 heteroatoms. The zero-order valence-corrected chi connectivity index (χ0v) is 12.7. The van der Waals surface area contributed by atoms with Gasteiger partial charge in [0.25, 0.3) is 0 Å². The van der Waals surface area contributed by atoms with Crippen LogP contribution in [-0.4, -0.2) is 0 Å². The predicted molar refractivity (Wildman–Crippen MR) is 85.5 cm³/mol. The maximum absolute atomic E-state index is 6.51. The lowest BCUT2D eigenvalue weighted by molar-refractivity contribution is 0.475. The highest BCUT2D eigenvalue weighted by atomic mass is 35.5. The summed E-state index contributed by atoms with van der Waals surface area (Å²) in [4.78, 5) is 0. The van der Waals surface area contributed by atoms with Gasteiger partial charge in [0, 0.05) is 22.0 Å². The first-order valence-corrected chi connectivity index (χ1v) is 7.71. The Morgan fingerprint density at radius 3 is 2.75 bits per heavy atom. The van der Waals surface area contributed by atoms with Crippen LogP contribution in [0, 0.1) is 0 Å². The van der Waals surface area contributed by atoms with Crippen molar-refractivity contribution >= 4 is 23.2 Å². The molecule has 0 radical (unpaired) electrons. The van der Waals surface area contributed by atoms with Gasteiger partial charge in [-0.2, -0.15) is 0 Å². The van der Waals surface area contributed by atoms with Gasteiger partial charge in [-0.15, -0.1) is 0 Å². The molecule has 20 heavy (non-hydrogen) atoms. The van der Waals surface area contributed by atoms with E-state index in [9.17, 15) is 0 Å². The van der Waals surface area contributed by atoms with E-state index >= 15 is 0 Å². The fourth-order valence-electron chi connectivity index (χ4n) is 3.15. The van der Waals surface area contributed by atoms with E-state index in [0.717, 1.165) is 18.4 Å². The van der Waals surface area contributed by atoms with Gasteiger partial charge in [-0.3, -0.25) is 0 Å². The van der Waals surface area contributed by atoms with Crippen molar-refractivity contribution in [2.24, 2.45) is 5.73 Å². The van der Waals surface area contributed by atoms with E-state index in [1.807, 2.05) is 12.1 Å². The SMILES string of the molecule is NC(c1cc(Cl)ccc1Cl)C1CCCc2ccccc21. The van der Waals surface area contributed by atoms with Gasteiger partial charge >= 0.3 is 0 Å². The van der Waals surface area contributed by atoms with Crippen molar-refractivity contribution < 1.29 is 0 Å². The summed E-state index contributed by atoms with van der Waals surface area (Å²) in [5.74, 6) is 0.316. The van der Waals surface area contributed by atoms with Gasteiger partial charge in [0.2, 0.25) is 0 Å². The largest absolute Gasteiger partial charge is 0.323 e. The second-order valence-corrected chi connectivity index (χ2v) is 6.23. The first-order valence-electron chi connectivity index (χ1n) is 6.95. The van der Waals surface area contributed by atoms with Crippen molar-refractivity contribution in [3.8, 4) is 0 Å². The first kappa shape index (κ1) is 13.9. The minimum absolute atomic E-state index is 0.109. The molecule has 2 unspecified atom stereocenters. The minimum Gasteiger partial charge on any atom is -0.323 e. The molecule has 1 aliphatic carbocycles. The van der Waals surface area contributed by atoms with E-state index in [1.54, 1.807) is 6.07 Å². The molecule has 0 fully saturated rings. The Morgan fingerprint density at radius 1 is 1.10 bits per heavy atom. The van der Waals surface area contributed by atoms with Crippen LogP contribution in [0.1, 0.15) is 41.5 Å².